The van der Waals surface area contributed by atoms with E-state index < -0.39 is 11.2 Å². The third-order valence-corrected chi connectivity index (χ3v) is 6.09. The lowest BCUT2D eigenvalue weighted by Gasteiger charge is -2.13. The van der Waals surface area contributed by atoms with Crippen molar-refractivity contribution in [3.8, 4) is 22.6 Å². The average molecular weight is 451 g/mol. The third-order valence-electron chi connectivity index (χ3n) is 6.09. The molecule has 0 bridgehead atoms. The first-order chi connectivity index (χ1) is 16.7. The van der Waals surface area contributed by atoms with E-state index in [1.54, 1.807) is 6.20 Å². The molecule has 3 heterocycles. The molecule has 0 saturated carbocycles. The lowest BCUT2D eigenvalue weighted by Crippen LogP contribution is -2.31. The molecule has 7 heteroatoms. The number of aromatic nitrogens is 3. The van der Waals surface area contributed by atoms with Gasteiger partial charge < -0.3 is 9.47 Å². The van der Waals surface area contributed by atoms with Gasteiger partial charge in [-0.15, -0.1) is 0 Å². The van der Waals surface area contributed by atoms with E-state index in [1.807, 2.05) is 66.7 Å². The topological polar surface area (TPSA) is 86.2 Å². The van der Waals surface area contributed by atoms with Crippen molar-refractivity contribution in [3.63, 3.8) is 0 Å². The first-order valence-corrected chi connectivity index (χ1v) is 11.2. The Morgan fingerprint density at radius 1 is 0.882 bits per heavy atom. The zero-order valence-electron chi connectivity index (χ0n) is 18.3. The second kappa shape index (κ2) is 8.19. The maximum absolute atomic E-state index is 12.9. The van der Waals surface area contributed by atoms with Gasteiger partial charge in [0.2, 0.25) is 0 Å². The van der Waals surface area contributed by atoms with Crippen molar-refractivity contribution in [2.75, 3.05) is 13.2 Å². The van der Waals surface area contributed by atoms with Gasteiger partial charge in [-0.05, 0) is 51.7 Å². The summed E-state index contributed by atoms with van der Waals surface area (Å²) in [7, 11) is 0. The number of nitrogens with one attached hydrogen (secondary N) is 1. The number of hydrogen-bond donors (Lipinski definition) is 1. The second-order valence-electron chi connectivity index (χ2n) is 8.30. The number of nitrogens with zero attached hydrogens (tertiary/aromatic N) is 2. The van der Waals surface area contributed by atoms with E-state index in [9.17, 15) is 9.59 Å². The van der Waals surface area contributed by atoms with E-state index in [2.05, 4.69) is 9.97 Å². The summed E-state index contributed by atoms with van der Waals surface area (Å²) in [5, 5.41) is 2.57. The average Bonchev–Trinajstić information content (AvgIpc) is 3.11. The largest absolute Gasteiger partial charge is 0.490 e. The molecule has 6 rings (SSSR count). The summed E-state index contributed by atoms with van der Waals surface area (Å²) >= 11 is 0. The molecule has 7 nitrogen and oxygen atoms in total. The predicted octanol–water partition coefficient (Wildman–Crippen LogP) is 4.11. The van der Waals surface area contributed by atoms with Crippen molar-refractivity contribution in [1.82, 2.24) is 14.5 Å². The molecule has 3 aromatic carbocycles. The van der Waals surface area contributed by atoms with Gasteiger partial charge in [0.25, 0.3) is 5.56 Å². The Hall–Kier alpha value is -4.39. The van der Waals surface area contributed by atoms with Gasteiger partial charge in [-0.1, -0.05) is 42.5 Å². The molecular weight excluding hydrogens is 430 g/mol. The van der Waals surface area contributed by atoms with Gasteiger partial charge in [-0.2, -0.15) is 0 Å². The van der Waals surface area contributed by atoms with Crippen LogP contribution in [0.5, 0.6) is 11.5 Å². The number of fused-ring (bicyclic) bond motifs is 3. The number of pyridine rings is 1. The van der Waals surface area contributed by atoms with Crippen LogP contribution in [0, 0.1) is 0 Å². The highest BCUT2D eigenvalue weighted by Crippen LogP contribution is 2.31. The van der Waals surface area contributed by atoms with Crippen LogP contribution in [0.2, 0.25) is 0 Å². The number of benzene rings is 3. The molecule has 0 radical (unpaired) electrons. The fraction of sp³-hybridized carbons (Fsp3) is 0.148. The molecule has 0 amide bonds. The normalized spacial score (nSPS) is 13.2. The number of ether oxygens (including phenoxy) is 2. The molecule has 0 atom stereocenters. The first-order valence-electron chi connectivity index (χ1n) is 11.2. The summed E-state index contributed by atoms with van der Waals surface area (Å²) < 4.78 is 13.0. The van der Waals surface area contributed by atoms with Gasteiger partial charge in [0.1, 0.15) is 5.65 Å². The maximum Gasteiger partial charge on any atom is 0.330 e. The first kappa shape index (κ1) is 20.2. The number of rotatable bonds is 3. The Labute approximate surface area is 194 Å². The molecule has 168 valence electrons. The van der Waals surface area contributed by atoms with Crippen LogP contribution >= 0.6 is 0 Å². The van der Waals surface area contributed by atoms with Crippen molar-refractivity contribution in [3.05, 3.63) is 99.3 Å². The van der Waals surface area contributed by atoms with Crippen molar-refractivity contribution >= 4 is 21.8 Å². The zero-order valence-corrected chi connectivity index (χ0v) is 18.3. The Morgan fingerprint density at radius 3 is 2.59 bits per heavy atom. The molecule has 0 spiro atoms. The summed E-state index contributed by atoms with van der Waals surface area (Å²) in [6.45, 7) is 1.42. The van der Waals surface area contributed by atoms with Crippen molar-refractivity contribution in [2.45, 2.75) is 13.0 Å². The summed E-state index contributed by atoms with van der Waals surface area (Å²) in [5.74, 6) is 1.35. The van der Waals surface area contributed by atoms with Gasteiger partial charge in [0, 0.05) is 12.6 Å². The van der Waals surface area contributed by atoms with Crippen LogP contribution in [0.1, 0.15) is 12.0 Å². The summed E-state index contributed by atoms with van der Waals surface area (Å²) in [5.41, 5.74) is 1.84. The number of hydrogen-bond acceptors (Lipinski definition) is 5. The highest BCUT2D eigenvalue weighted by atomic mass is 16.5. The minimum Gasteiger partial charge on any atom is -0.490 e. The molecule has 0 fully saturated rings. The highest BCUT2D eigenvalue weighted by molar-refractivity contribution is 5.95. The molecule has 1 aliphatic rings. The van der Waals surface area contributed by atoms with Crippen LogP contribution in [0.4, 0.5) is 0 Å². The molecule has 0 saturated heterocycles. The highest BCUT2D eigenvalue weighted by Gasteiger charge is 2.16. The quantitative estimate of drug-likeness (QED) is 0.446. The van der Waals surface area contributed by atoms with Gasteiger partial charge in [0.15, 0.2) is 11.5 Å². The van der Waals surface area contributed by atoms with Crippen LogP contribution < -0.4 is 20.7 Å². The van der Waals surface area contributed by atoms with E-state index in [0.717, 1.165) is 33.9 Å². The second-order valence-corrected chi connectivity index (χ2v) is 8.30. The molecule has 1 N–H and O–H groups in total. The van der Waals surface area contributed by atoms with E-state index in [1.165, 1.54) is 4.57 Å². The van der Waals surface area contributed by atoms with E-state index in [-0.39, 0.29) is 6.54 Å². The van der Waals surface area contributed by atoms with Crippen molar-refractivity contribution < 1.29 is 9.47 Å². The smallest absolute Gasteiger partial charge is 0.330 e. The SMILES string of the molecule is O=c1[nH]c(=O)n(Cc2ccc3c(c2)OCCCO3)c2nccc(-c3ccc4ccccc4c3)c12. The standard InChI is InChI=1S/C27H21N3O4/c31-26-24-21(20-8-7-18-4-1-2-5-19(18)15-20)10-11-28-25(24)30(27(32)29-26)16-17-6-9-22-23(14-17)34-13-3-12-33-22/h1-2,4-11,14-15H,3,12-13,16H2,(H,29,31,32). The van der Waals surface area contributed by atoms with E-state index in [0.29, 0.717) is 35.7 Å². The molecular formula is C27H21N3O4. The summed E-state index contributed by atoms with van der Waals surface area (Å²) in [6.07, 6.45) is 2.45. The number of aromatic amines is 1. The molecule has 2 aromatic heterocycles. The van der Waals surface area contributed by atoms with Crippen molar-refractivity contribution in [2.24, 2.45) is 0 Å². The summed E-state index contributed by atoms with van der Waals surface area (Å²) in [6, 6.07) is 21.5. The Kier molecular flexibility index (Phi) is 4.87. The van der Waals surface area contributed by atoms with Crippen LogP contribution in [0.3, 0.4) is 0 Å². The van der Waals surface area contributed by atoms with Crippen LogP contribution in [0.15, 0.2) is 82.5 Å². The Balaban J connectivity index is 1.49. The molecule has 1 aliphatic heterocycles. The van der Waals surface area contributed by atoms with Crippen molar-refractivity contribution in [1.29, 1.82) is 0 Å². The van der Waals surface area contributed by atoms with E-state index in [4.69, 9.17) is 9.47 Å². The lowest BCUT2D eigenvalue weighted by molar-refractivity contribution is 0.297. The lowest BCUT2D eigenvalue weighted by atomic mass is 10.00. The van der Waals surface area contributed by atoms with Gasteiger partial charge in [-0.3, -0.25) is 14.3 Å². The van der Waals surface area contributed by atoms with Crippen LogP contribution in [-0.2, 0) is 6.54 Å². The zero-order chi connectivity index (χ0) is 23.1. The van der Waals surface area contributed by atoms with Gasteiger partial charge >= 0.3 is 5.69 Å². The minimum atomic E-state index is -0.507. The molecule has 34 heavy (non-hydrogen) atoms. The fourth-order valence-corrected chi connectivity index (χ4v) is 4.44. The Bertz CT molecular complexity index is 1670. The Morgan fingerprint density at radius 2 is 1.71 bits per heavy atom. The van der Waals surface area contributed by atoms with Gasteiger partial charge in [-0.25, -0.2) is 9.78 Å². The number of H-pyrrole nitrogens is 1. The predicted molar refractivity (Wildman–Crippen MR) is 131 cm³/mol. The maximum atomic E-state index is 12.9. The van der Waals surface area contributed by atoms with E-state index >= 15 is 0 Å². The van der Waals surface area contributed by atoms with Gasteiger partial charge in [0.05, 0.1) is 25.1 Å². The van der Waals surface area contributed by atoms with Crippen LogP contribution in [-0.4, -0.2) is 27.7 Å². The molecule has 0 aliphatic carbocycles. The minimum absolute atomic E-state index is 0.233. The fourth-order valence-electron chi connectivity index (χ4n) is 4.44. The summed E-state index contributed by atoms with van der Waals surface area (Å²) in [4.78, 5) is 32.7. The monoisotopic (exact) mass is 451 g/mol. The molecule has 0 unspecified atom stereocenters. The third kappa shape index (κ3) is 3.51. The van der Waals surface area contributed by atoms with Crippen LogP contribution in [0.25, 0.3) is 32.9 Å². The molecule has 5 aromatic rings.